The first-order valence-corrected chi connectivity index (χ1v) is 9.52. The predicted octanol–water partition coefficient (Wildman–Crippen LogP) is 2.47. The molecule has 0 spiro atoms. The maximum absolute atomic E-state index is 14.1. The van der Waals surface area contributed by atoms with Crippen LogP contribution in [0.1, 0.15) is 20.8 Å². The van der Waals surface area contributed by atoms with Crippen molar-refractivity contribution in [3.05, 3.63) is 71.6 Å². The Morgan fingerprint density at radius 3 is 2.29 bits per heavy atom. The molecule has 2 heterocycles. The number of para-hydroxylation sites is 1. The second kappa shape index (κ2) is 8.52. The number of nitrogens with zero attached hydrogens (tertiary/aromatic N) is 3. The van der Waals surface area contributed by atoms with Crippen molar-refractivity contribution in [1.82, 2.24) is 14.7 Å². The van der Waals surface area contributed by atoms with Gasteiger partial charge < -0.3 is 20.7 Å². The highest BCUT2D eigenvalue weighted by Crippen LogP contribution is 2.25. The summed E-state index contributed by atoms with van der Waals surface area (Å²) >= 11 is 0. The fraction of sp³-hybridized carbons (Fsp3) is 0.190. The number of carbonyl (C=O) groups excluding carboxylic acids is 2. The van der Waals surface area contributed by atoms with Crippen molar-refractivity contribution in [2.75, 3.05) is 31.6 Å². The highest BCUT2D eigenvalue weighted by Gasteiger charge is 2.20. The molecule has 0 radical (unpaired) electrons. The maximum Gasteiger partial charge on any atom is 0.271 e. The Kier molecular flexibility index (Phi) is 5.63. The summed E-state index contributed by atoms with van der Waals surface area (Å²) < 4.78 is 34.4. The van der Waals surface area contributed by atoms with Gasteiger partial charge in [-0.15, -0.1) is 0 Å². The molecule has 2 aromatic carbocycles. The minimum atomic E-state index is -0.864. The van der Waals surface area contributed by atoms with Crippen LogP contribution < -0.4 is 11.1 Å². The number of benzene rings is 2. The van der Waals surface area contributed by atoms with E-state index < -0.39 is 23.2 Å². The van der Waals surface area contributed by atoms with E-state index in [1.807, 2.05) is 0 Å². The summed E-state index contributed by atoms with van der Waals surface area (Å²) in [5.41, 5.74) is 5.98. The molecule has 2 amide bonds. The fourth-order valence-electron chi connectivity index (χ4n) is 3.27. The quantitative estimate of drug-likeness (QED) is 0.651. The van der Waals surface area contributed by atoms with Crippen LogP contribution in [0.15, 0.2) is 48.7 Å². The van der Waals surface area contributed by atoms with Crippen molar-refractivity contribution < 1.29 is 23.1 Å². The smallest absolute Gasteiger partial charge is 0.271 e. The molecule has 1 aliphatic heterocycles. The van der Waals surface area contributed by atoms with Crippen LogP contribution in [-0.4, -0.2) is 52.8 Å². The average Bonchev–Trinajstić information content (AvgIpc) is 3.18. The van der Waals surface area contributed by atoms with E-state index in [1.54, 1.807) is 29.2 Å². The molecule has 0 atom stereocenters. The number of carbonyl (C=O) groups is 2. The highest BCUT2D eigenvalue weighted by molar-refractivity contribution is 5.97. The fourth-order valence-corrected chi connectivity index (χ4v) is 3.27. The number of hydrogen-bond donors (Lipinski definition) is 2. The second-order valence-corrected chi connectivity index (χ2v) is 6.88. The summed E-state index contributed by atoms with van der Waals surface area (Å²) in [6.07, 6.45) is 1.27. The molecule has 1 aliphatic rings. The number of nitrogens with one attached hydrogen (secondary N) is 1. The third-order valence-corrected chi connectivity index (χ3v) is 4.82. The van der Waals surface area contributed by atoms with Gasteiger partial charge in [0.05, 0.1) is 25.1 Å². The summed E-state index contributed by atoms with van der Waals surface area (Å²) in [6, 6.07) is 9.99. The van der Waals surface area contributed by atoms with Gasteiger partial charge in [0.1, 0.15) is 5.69 Å². The number of aromatic nitrogens is 2. The van der Waals surface area contributed by atoms with Crippen LogP contribution in [0.5, 0.6) is 0 Å². The van der Waals surface area contributed by atoms with Crippen molar-refractivity contribution in [1.29, 1.82) is 0 Å². The van der Waals surface area contributed by atoms with Crippen molar-refractivity contribution >= 4 is 23.2 Å². The van der Waals surface area contributed by atoms with Gasteiger partial charge in [-0.2, -0.15) is 5.10 Å². The zero-order valence-electron chi connectivity index (χ0n) is 16.3. The molecule has 0 bridgehead atoms. The maximum atomic E-state index is 14.1. The molecule has 4 rings (SSSR count). The average molecular weight is 427 g/mol. The van der Waals surface area contributed by atoms with E-state index in [4.69, 9.17) is 10.5 Å². The van der Waals surface area contributed by atoms with Gasteiger partial charge in [0.25, 0.3) is 11.8 Å². The number of amides is 2. The van der Waals surface area contributed by atoms with Crippen LogP contribution in [0.2, 0.25) is 0 Å². The molecule has 1 saturated heterocycles. The summed E-state index contributed by atoms with van der Waals surface area (Å²) in [6.45, 7) is 2.08. The van der Waals surface area contributed by atoms with Gasteiger partial charge in [-0.1, -0.05) is 6.07 Å². The Labute approximate surface area is 176 Å². The SMILES string of the molecule is NC(=O)c1nn(-c2c(F)cccc2F)cc1Nc1ccc(C(=O)N2CCOCC2)cc1. The lowest BCUT2D eigenvalue weighted by Gasteiger charge is -2.26. The third kappa shape index (κ3) is 4.24. The Morgan fingerprint density at radius 2 is 1.68 bits per heavy atom. The molecule has 1 aromatic heterocycles. The molecule has 0 unspecified atom stereocenters. The summed E-state index contributed by atoms with van der Waals surface area (Å²) in [7, 11) is 0. The molecule has 1 fully saturated rings. The Balaban J connectivity index is 1.58. The number of anilines is 2. The lowest BCUT2D eigenvalue weighted by Crippen LogP contribution is -2.40. The minimum Gasteiger partial charge on any atom is -0.378 e. The number of hydrogen-bond acceptors (Lipinski definition) is 5. The van der Waals surface area contributed by atoms with Gasteiger partial charge in [0.2, 0.25) is 0 Å². The van der Waals surface area contributed by atoms with Crippen LogP contribution in [0.3, 0.4) is 0 Å². The van der Waals surface area contributed by atoms with Gasteiger partial charge in [0, 0.05) is 24.3 Å². The number of halogens is 2. The second-order valence-electron chi connectivity index (χ2n) is 6.88. The third-order valence-electron chi connectivity index (χ3n) is 4.82. The Morgan fingerprint density at radius 1 is 1.03 bits per heavy atom. The summed E-state index contributed by atoms with van der Waals surface area (Å²) in [4.78, 5) is 26.1. The number of primary amides is 1. The number of morpholine rings is 1. The van der Waals surface area contributed by atoms with Crippen LogP contribution >= 0.6 is 0 Å². The van der Waals surface area contributed by atoms with Gasteiger partial charge >= 0.3 is 0 Å². The summed E-state index contributed by atoms with van der Waals surface area (Å²) in [5, 5.41) is 6.89. The van der Waals surface area contributed by atoms with Gasteiger partial charge in [-0.3, -0.25) is 9.59 Å². The molecule has 3 N–H and O–H groups in total. The van der Waals surface area contributed by atoms with Crippen LogP contribution in [0.25, 0.3) is 5.69 Å². The summed E-state index contributed by atoms with van der Waals surface area (Å²) in [5.74, 6) is -2.64. The van der Waals surface area contributed by atoms with Crippen molar-refractivity contribution in [3.63, 3.8) is 0 Å². The van der Waals surface area contributed by atoms with E-state index in [2.05, 4.69) is 10.4 Å². The lowest BCUT2D eigenvalue weighted by atomic mass is 10.1. The van der Waals surface area contributed by atoms with E-state index in [9.17, 15) is 18.4 Å². The van der Waals surface area contributed by atoms with Crippen molar-refractivity contribution in [3.8, 4) is 5.69 Å². The molecule has 3 aromatic rings. The van der Waals surface area contributed by atoms with Crippen molar-refractivity contribution in [2.45, 2.75) is 0 Å². The molecule has 0 aliphatic carbocycles. The van der Waals surface area contributed by atoms with E-state index in [1.165, 1.54) is 12.3 Å². The minimum absolute atomic E-state index is 0.101. The first-order chi connectivity index (χ1) is 14.9. The Bertz CT molecular complexity index is 1100. The van der Waals surface area contributed by atoms with E-state index in [-0.39, 0.29) is 17.3 Å². The molecule has 31 heavy (non-hydrogen) atoms. The largest absolute Gasteiger partial charge is 0.378 e. The lowest BCUT2D eigenvalue weighted by molar-refractivity contribution is 0.0303. The molecule has 8 nitrogen and oxygen atoms in total. The topological polar surface area (TPSA) is 102 Å². The number of rotatable bonds is 5. The van der Waals surface area contributed by atoms with Crippen molar-refractivity contribution in [2.24, 2.45) is 5.73 Å². The monoisotopic (exact) mass is 427 g/mol. The molecular formula is C21H19F2N5O3. The van der Waals surface area contributed by atoms with Gasteiger partial charge in [-0.25, -0.2) is 13.5 Å². The van der Waals surface area contributed by atoms with Crippen LogP contribution in [0.4, 0.5) is 20.2 Å². The molecule has 10 heteroatoms. The normalized spacial score (nSPS) is 13.8. The predicted molar refractivity (Wildman–Crippen MR) is 108 cm³/mol. The zero-order chi connectivity index (χ0) is 22.0. The highest BCUT2D eigenvalue weighted by atomic mass is 19.1. The standard InChI is InChI=1S/C21H19F2N5O3/c22-15-2-1-3-16(23)19(15)28-12-17(18(26-28)20(24)29)25-14-6-4-13(5-7-14)21(30)27-8-10-31-11-9-27/h1-7,12,25H,8-11H2,(H2,24,29). The first kappa shape index (κ1) is 20.5. The van der Waals surface area contributed by atoms with Gasteiger partial charge in [-0.05, 0) is 36.4 Å². The first-order valence-electron chi connectivity index (χ1n) is 9.52. The van der Waals surface area contributed by atoms with E-state index in [0.29, 0.717) is 37.6 Å². The van der Waals surface area contributed by atoms with Crippen LogP contribution in [0, 0.1) is 11.6 Å². The van der Waals surface area contributed by atoms with Gasteiger partial charge in [0.15, 0.2) is 17.3 Å². The number of ether oxygens (including phenoxy) is 1. The number of nitrogens with two attached hydrogens (primary N) is 1. The Hall–Kier alpha value is -3.79. The molecule has 0 saturated carbocycles. The van der Waals surface area contributed by atoms with Crippen LogP contribution in [-0.2, 0) is 4.74 Å². The molecular weight excluding hydrogens is 408 g/mol. The van der Waals surface area contributed by atoms with E-state index >= 15 is 0 Å². The van der Waals surface area contributed by atoms with E-state index in [0.717, 1.165) is 16.8 Å². The molecule has 160 valence electrons. The zero-order valence-corrected chi connectivity index (χ0v) is 16.3.